The number of rotatable bonds is 4. The predicted molar refractivity (Wildman–Crippen MR) is 81.7 cm³/mol. The third-order valence-corrected chi connectivity index (χ3v) is 4.10. The van der Waals surface area contributed by atoms with E-state index in [2.05, 4.69) is 5.32 Å². The molecule has 1 aliphatic rings. The number of nitrogens with one attached hydrogen (secondary N) is 1. The summed E-state index contributed by atoms with van der Waals surface area (Å²) >= 11 is 0. The Labute approximate surface area is 125 Å². The van der Waals surface area contributed by atoms with Gasteiger partial charge in [-0.25, -0.2) is 4.79 Å². The van der Waals surface area contributed by atoms with Crippen LogP contribution < -0.4 is 10.2 Å². The Morgan fingerprint density at radius 1 is 1.33 bits per heavy atom. The van der Waals surface area contributed by atoms with Gasteiger partial charge in [-0.05, 0) is 30.9 Å². The third-order valence-electron chi connectivity index (χ3n) is 4.10. The van der Waals surface area contributed by atoms with E-state index >= 15 is 0 Å². The Bertz CT molecular complexity index is 526. The summed E-state index contributed by atoms with van der Waals surface area (Å²) in [7, 11) is 0. The summed E-state index contributed by atoms with van der Waals surface area (Å²) in [4.78, 5) is 25.4. The lowest BCUT2D eigenvalue weighted by Crippen LogP contribution is -2.47. The van der Waals surface area contributed by atoms with Crippen LogP contribution in [0.2, 0.25) is 0 Å². The zero-order chi connectivity index (χ0) is 15.4. The van der Waals surface area contributed by atoms with Crippen molar-refractivity contribution >= 4 is 17.7 Å². The van der Waals surface area contributed by atoms with Gasteiger partial charge in [0.1, 0.15) is 0 Å². The number of carboxylic acid groups (broad SMARTS) is 1. The lowest BCUT2D eigenvalue weighted by Gasteiger charge is -2.33. The van der Waals surface area contributed by atoms with E-state index in [0.29, 0.717) is 18.7 Å². The van der Waals surface area contributed by atoms with E-state index in [9.17, 15) is 14.7 Å². The minimum absolute atomic E-state index is 0.139. The second kappa shape index (κ2) is 6.61. The van der Waals surface area contributed by atoms with E-state index in [-0.39, 0.29) is 12.1 Å². The number of anilines is 1. The highest BCUT2D eigenvalue weighted by molar-refractivity contribution is 5.95. The SMILES string of the molecule is CCC(CC)NC(=O)N1CCC(C(=O)O)c2ccccc21. The summed E-state index contributed by atoms with van der Waals surface area (Å²) in [5, 5.41) is 12.3. The van der Waals surface area contributed by atoms with Gasteiger partial charge in [-0.15, -0.1) is 0 Å². The van der Waals surface area contributed by atoms with Crippen LogP contribution in [0, 0.1) is 0 Å². The van der Waals surface area contributed by atoms with Crippen LogP contribution in [0.3, 0.4) is 0 Å². The number of para-hydroxylation sites is 1. The standard InChI is InChI=1S/C16H22N2O3/c1-3-11(4-2)17-16(21)18-10-9-13(15(19)20)12-7-5-6-8-14(12)18/h5-8,11,13H,3-4,9-10H2,1-2H3,(H,17,21)(H,19,20). The van der Waals surface area contributed by atoms with Gasteiger partial charge in [0.05, 0.1) is 5.92 Å². The van der Waals surface area contributed by atoms with E-state index in [0.717, 1.165) is 18.4 Å². The monoisotopic (exact) mass is 290 g/mol. The number of hydrogen-bond acceptors (Lipinski definition) is 2. The molecule has 1 atom stereocenters. The third kappa shape index (κ3) is 3.17. The lowest BCUT2D eigenvalue weighted by molar-refractivity contribution is -0.139. The number of carbonyl (C=O) groups excluding carboxylic acids is 1. The number of urea groups is 1. The highest BCUT2D eigenvalue weighted by atomic mass is 16.4. The molecule has 5 nitrogen and oxygen atoms in total. The molecule has 0 fully saturated rings. The van der Waals surface area contributed by atoms with Gasteiger partial charge in [-0.1, -0.05) is 32.0 Å². The molecule has 1 aliphatic heterocycles. The molecule has 0 bridgehead atoms. The van der Waals surface area contributed by atoms with E-state index in [1.165, 1.54) is 0 Å². The highest BCUT2D eigenvalue weighted by Gasteiger charge is 2.32. The van der Waals surface area contributed by atoms with Crippen LogP contribution in [0.4, 0.5) is 10.5 Å². The van der Waals surface area contributed by atoms with Gasteiger partial charge in [0.2, 0.25) is 0 Å². The number of carboxylic acids is 1. The molecule has 1 aromatic carbocycles. The van der Waals surface area contributed by atoms with Crippen LogP contribution in [0.15, 0.2) is 24.3 Å². The maximum Gasteiger partial charge on any atom is 0.322 e. The van der Waals surface area contributed by atoms with Crippen molar-refractivity contribution < 1.29 is 14.7 Å². The Morgan fingerprint density at radius 3 is 2.62 bits per heavy atom. The van der Waals surface area contributed by atoms with Crippen molar-refractivity contribution in [1.29, 1.82) is 0 Å². The zero-order valence-corrected chi connectivity index (χ0v) is 12.5. The van der Waals surface area contributed by atoms with Crippen LogP contribution >= 0.6 is 0 Å². The molecular formula is C16H22N2O3. The van der Waals surface area contributed by atoms with Crippen molar-refractivity contribution in [2.75, 3.05) is 11.4 Å². The van der Waals surface area contributed by atoms with Gasteiger partial charge < -0.3 is 10.4 Å². The van der Waals surface area contributed by atoms with Gasteiger partial charge in [-0.3, -0.25) is 9.69 Å². The van der Waals surface area contributed by atoms with Crippen LogP contribution in [-0.2, 0) is 4.79 Å². The molecule has 1 heterocycles. The Balaban J connectivity index is 2.24. The molecule has 1 unspecified atom stereocenters. The molecule has 114 valence electrons. The van der Waals surface area contributed by atoms with E-state index in [4.69, 9.17) is 0 Å². The summed E-state index contributed by atoms with van der Waals surface area (Å²) in [6, 6.07) is 7.28. The van der Waals surface area contributed by atoms with E-state index in [1.807, 2.05) is 32.0 Å². The van der Waals surface area contributed by atoms with Crippen molar-refractivity contribution in [3.63, 3.8) is 0 Å². The number of hydrogen-bond donors (Lipinski definition) is 2. The Kier molecular flexibility index (Phi) is 4.83. The minimum Gasteiger partial charge on any atom is -0.481 e. The molecule has 5 heteroatoms. The number of aliphatic carboxylic acids is 1. The first kappa shape index (κ1) is 15.4. The first-order chi connectivity index (χ1) is 10.1. The predicted octanol–water partition coefficient (Wildman–Crippen LogP) is 2.96. The van der Waals surface area contributed by atoms with Crippen molar-refractivity contribution in [3.05, 3.63) is 29.8 Å². The molecule has 2 rings (SSSR count). The number of fused-ring (bicyclic) bond motifs is 1. The first-order valence-electron chi connectivity index (χ1n) is 7.48. The quantitative estimate of drug-likeness (QED) is 0.895. The van der Waals surface area contributed by atoms with E-state index in [1.54, 1.807) is 11.0 Å². The Hall–Kier alpha value is -2.04. The van der Waals surface area contributed by atoms with Crippen LogP contribution in [0.25, 0.3) is 0 Å². The van der Waals surface area contributed by atoms with Crippen LogP contribution in [-0.4, -0.2) is 29.7 Å². The number of amides is 2. The number of nitrogens with zero attached hydrogens (tertiary/aromatic N) is 1. The molecule has 0 aliphatic carbocycles. The number of benzene rings is 1. The summed E-state index contributed by atoms with van der Waals surface area (Å²) in [6.07, 6.45) is 2.22. The van der Waals surface area contributed by atoms with Gasteiger partial charge in [0, 0.05) is 18.3 Å². The van der Waals surface area contributed by atoms with Crippen LogP contribution in [0.5, 0.6) is 0 Å². The molecule has 0 saturated carbocycles. The van der Waals surface area contributed by atoms with Gasteiger partial charge in [0.25, 0.3) is 0 Å². The maximum absolute atomic E-state index is 12.4. The van der Waals surface area contributed by atoms with Crippen molar-refractivity contribution in [1.82, 2.24) is 5.32 Å². The second-order valence-corrected chi connectivity index (χ2v) is 5.35. The summed E-state index contributed by atoms with van der Waals surface area (Å²) < 4.78 is 0. The average Bonchev–Trinajstić information content (AvgIpc) is 2.51. The van der Waals surface area contributed by atoms with E-state index < -0.39 is 11.9 Å². The first-order valence-corrected chi connectivity index (χ1v) is 7.48. The molecule has 21 heavy (non-hydrogen) atoms. The van der Waals surface area contributed by atoms with Crippen molar-refractivity contribution in [2.24, 2.45) is 0 Å². The van der Waals surface area contributed by atoms with Gasteiger partial charge in [0.15, 0.2) is 0 Å². The normalized spacial score (nSPS) is 17.5. The molecule has 2 N–H and O–H groups in total. The minimum atomic E-state index is -0.831. The summed E-state index contributed by atoms with van der Waals surface area (Å²) in [6.45, 7) is 4.51. The maximum atomic E-state index is 12.4. The number of carbonyl (C=O) groups is 2. The van der Waals surface area contributed by atoms with Crippen molar-refractivity contribution in [3.8, 4) is 0 Å². The molecule has 0 saturated heterocycles. The molecular weight excluding hydrogens is 268 g/mol. The molecule has 1 aromatic rings. The lowest BCUT2D eigenvalue weighted by atomic mass is 9.90. The van der Waals surface area contributed by atoms with Gasteiger partial charge in [-0.2, -0.15) is 0 Å². The Morgan fingerprint density at radius 2 is 2.00 bits per heavy atom. The summed E-state index contributed by atoms with van der Waals surface area (Å²) in [5.74, 6) is -1.36. The van der Waals surface area contributed by atoms with Crippen molar-refractivity contribution in [2.45, 2.75) is 45.1 Å². The highest BCUT2D eigenvalue weighted by Crippen LogP contribution is 2.35. The molecule has 0 radical (unpaired) electrons. The zero-order valence-electron chi connectivity index (χ0n) is 12.5. The topological polar surface area (TPSA) is 69.6 Å². The smallest absolute Gasteiger partial charge is 0.322 e. The fraction of sp³-hybridized carbons (Fsp3) is 0.500. The summed E-state index contributed by atoms with van der Waals surface area (Å²) in [5.41, 5.74) is 1.43. The molecule has 0 aromatic heterocycles. The fourth-order valence-electron chi connectivity index (χ4n) is 2.77. The second-order valence-electron chi connectivity index (χ2n) is 5.35. The van der Waals surface area contributed by atoms with Gasteiger partial charge >= 0.3 is 12.0 Å². The fourth-order valence-corrected chi connectivity index (χ4v) is 2.77. The molecule has 0 spiro atoms. The average molecular weight is 290 g/mol. The molecule has 2 amide bonds. The largest absolute Gasteiger partial charge is 0.481 e. The van der Waals surface area contributed by atoms with Crippen LogP contribution in [0.1, 0.15) is 44.6 Å².